The van der Waals surface area contributed by atoms with Gasteiger partial charge in [-0.3, -0.25) is 0 Å². The lowest BCUT2D eigenvalue weighted by atomic mass is 9.99. The van der Waals surface area contributed by atoms with E-state index in [1.165, 1.54) is 17.5 Å². The molecular formula is C17H17BrClN. The second-order valence-electron chi connectivity index (χ2n) is 5.36. The van der Waals surface area contributed by atoms with Crippen molar-refractivity contribution in [2.45, 2.75) is 18.4 Å². The molecule has 2 aromatic carbocycles. The summed E-state index contributed by atoms with van der Waals surface area (Å²) < 4.78 is 0.967. The van der Waals surface area contributed by atoms with Gasteiger partial charge in [0.25, 0.3) is 0 Å². The van der Waals surface area contributed by atoms with Gasteiger partial charge in [-0.25, -0.2) is 0 Å². The van der Waals surface area contributed by atoms with Crippen LogP contribution < -0.4 is 5.32 Å². The van der Waals surface area contributed by atoms with Gasteiger partial charge in [0.15, 0.2) is 0 Å². The van der Waals surface area contributed by atoms with Gasteiger partial charge in [-0.05, 0) is 64.5 Å². The third-order valence-electron chi connectivity index (χ3n) is 4.11. The quantitative estimate of drug-likeness (QED) is 0.802. The summed E-state index contributed by atoms with van der Waals surface area (Å²) in [6.07, 6.45) is 1.25. The fourth-order valence-electron chi connectivity index (χ4n) is 3.00. The van der Waals surface area contributed by atoms with Crippen molar-refractivity contribution in [3.63, 3.8) is 0 Å². The van der Waals surface area contributed by atoms with E-state index in [1.807, 2.05) is 13.1 Å². The highest BCUT2D eigenvalue weighted by Gasteiger charge is 2.43. The Hall–Kier alpha value is -0.830. The Balaban J connectivity index is 1.80. The smallest absolute Gasteiger partial charge is 0.0548 e. The van der Waals surface area contributed by atoms with Crippen LogP contribution in [0.25, 0.3) is 0 Å². The molecule has 3 unspecified atom stereocenters. The normalized spacial score (nSPS) is 22.6. The zero-order chi connectivity index (χ0) is 14.1. The predicted molar refractivity (Wildman–Crippen MR) is 88.2 cm³/mol. The minimum atomic E-state index is 0.383. The number of nitrogens with one attached hydrogen (secondary N) is 1. The lowest BCUT2D eigenvalue weighted by Crippen LogP contribution is -2.19. The van der Waals surface area contributed by atoms with Crippen LogP contribution in [-0.2, 0) is 0 Å². The predicted octanol–water partition coefficient (Wildman–Crippen LogP) is 5.17. The first-order chi connectivity index (χ1) is 9.70. The molecule has 1 fully saturated rings. The summed E-state index contributed by atoms with van der Waals surface area (Å²) >= 11 is 9.59. The molecule has 1 saturated carbocycles. The minimum Gasteiger partial charge on any atom is -0.313 e. The van der Waals surface area contributed by atoms with Gasteiger partial charge in [0, 0.05) is 10.5 Å². The molecule has 3 atom stereocenters. The van der Waals surface area contributed by atoms with Crippen LogP contribution in [0.2, 0.25) is 5.02 Å². The van der Waals surface area contributed by atoms with Crippen LogP contribution in [0.1, 0.15) is 29.5 Å². The molecule has 0 amide bonds. The molecule has 0 spiro atoms. The van der Waals surface area contributed by atoms with Crippen LogP contribution in [0.5, 0.6) is 0 Å². The number of hydrogen-bond acceptors (Lipinski definition) is 1. The molecule has 3 heteroatoms. The molecule has 0 saturated heterocycles. The number of hydrogen-bond donors (Lipinski definition) is 1. The molecule has 2 aromatic rings. The largest absolute Gasteiger partial charge is 0.313 e. The van der Waals surface area contributed by atoms with Gasteiger partial charge < -0.3 is 5.32 Å². The molecule has 0 heterocycles. The SMILES string of the molecule is CNC(c1ccc(Cl)c(Br)c1)C1CC1c1ccccc1. The summed E-state index contributed by atoms with van der Waals surface area (Å²) in [7, 11) is 2.04. The van der Waals surface area contributed by atoms with Crippen molar-refractivity contribution in [3.05, 3.63) is 69.2 Å². The average molecular weight is 351 g/mol. The molecule has 3 rings (SSSR count). The van der Waals surface area contributed by atoms with Crippen LogP contribution in [0.15, 0.2) is 53.0 Å². The van der Waals surface area contributed by atoms with Gasteiger partial charge in [-0.1, -0.05) is 48.0 Å². The van der Waals surface area contributed by atoms with E-state index >= 15 is 0 Å². The van der Waals surface area contributed by atoms with Crippen LogP contribution >= 0.6 is 27.5 Å². The number of rotatable bonds is 4. The van der Waals surface area contributed by atoms with Crippen molar-refractivity contribution < 1.29 is 0 Å². The molecule has 104 valence electrons. The molecule has 1 N–H and O–H groups in total. The Morgan fingerprint density at radius 3 is 2.60 bits per heavy atom. The summed E-state index contributed by atoms with van der Waals surface area (Å²) in [6.45, 7) is 0. The van der Waals surface area contributed by atoms with Crippen molar-refractivity contribution in [2.75, 3.05) is 7.05 Å². The third-order valence-corrected chi connectivity index (χ3v) is 5.32. The van der Waals surface area contributed by atoms with Crippen LogP contribution in [0, 0.1) is 5.92 Å². The van der Waals surface area contributed by atoms with Crippen molar-refractivity contribution in [3.8, 4) is 0 Å². The van der Waals surface area contributed by atoms with Crippen LogP contribution in [0.4, 0.5) is 0 Å². The summed E-state index contributed by atoms with van der Waals surface area (Å²) in [5, 5.41) is 4.23. The second kappa shape index (κ2) is 5.88. The maximum Gasteiger partial charge on any atom is 0.0548 e. The van der Waals surface area contributed by atoms with E-state index in [0.29, 0.717) is 17.9 Å². The first-order valence-corrected chi connectivity index (χ1v) is 8.05. The first-order valence-electron chi connectivity index (χ1n) is 6.88. The van der Waals surface area contributed by atoms with Gasteiger partial charge in [-0.2, -0.15) is 0 Å². The maximum atomic E-state index is 6.08. The van der Waals surface area contributed by atoms with Gasteiger partial charge in [0.1, 0.15) is 0 Å². The molecule has 1 aliphatic carbocycles. The summed E-state index contributed by atoms with van der Waals surface area (Å²) in [6, 6.07) is 17.4. The monoisotopic (exact) mass is 349 g/mol. The summed E-state index contributed by atoms with van der Waals surface area (Å²) in [5.74, 6) is 1.33. The van der Waals surface area contributed by atoms with E-state index in [1.54, 1.807) is 0 Å². The number of halogens is 2. The highest BCUT2D eigenvalue weighted by molar-refractivity contribution is 9.10. The molecule has 0 aromatic heterocycles. The van der Waals surface area contributed by atoms with Crippen LogP contribution in [0.3, 0.4) is 0 Å². The van der Waals surface area contributed by atoms with Crippen molar-refractivity contribution in [2.24, 2.45) is 5.92 Å². The molecular weight excluding hydrogens is 334 g/mol. The Kier molecular flexibility index (Phi) is 4.16. The standard InChI is InChI=1S/C17H17BrClN/c1-20-17(12-7-8-16(19)15(18)9-12)14-10-13(14)11-5-3-2-4-6-11/h2-9,13-14,17,20H,10H2,1H3. The van der Waals surface area contributed by atoms with Gasteiger partial charge >= 0.3 is 0 Å². The number of benzene rings is 2. The minimum absolute atomic E-state index is 0.383. The molecule has 0 bridgehead atoms. The van der Waals surface area contributed by atoms with E-state index < -0.39 is 0 Å². The van der Waals surface area contributed by atoms with Crippen molar-refractivity contribution in [1.29, 1.82) is 0 Å². The van der Waals surface area contributed by atoms with Crippen LogP contribution in [-0.4, -0.2) is 7.05 Å². The van der Waals surface area contributed by atoms with E-state index in [4.69, 9.17) is 11.6 Å². The Labute approximate surface area is 133 Å². The van der Waals surface area contributed by atoms with E-state index in [-0.39, 0.29) is 0 Å². The lowest BCUT2D eigenvalue weighted by Gasteiger charge is -2.17. The molecule has 1 aliphatic rings. The first kappa shape index (κ1) is 14.1. The van der Waals surface area contributed by atoms with E-state index in [2.05, 4.69) is 63.7 Å². The van der Waals surface area contributed by atoms with E-state index in [9.17, 15) is 0 Å². The summed E-state index contributed by atoms with van der Waals surface area (Å²) in [5.41, 5.74) is 2.75. The fourth-order valence-corrected chi connectivity index (χ4v) is 3.51. The molecule has 20 heavy (non-hydrogen) atoms. The van der Waals surface area contributed by atoms with Crippen molar-refractivity contribution in [1.82, 2.24) is 5.32 Å². The maximum absolute atomic E-state index is 6.08. The Morgan fingerprint density at radius 1 is 1.20 bits per heavy atom. The zero-order valence-corrected chi connectivity index (χ0v) is 13.7. The molecule has 1 nitrogen and oxygen atoms in total. The third kappa shape index (κ3) is 2.78. The molecule has 0 radical (unpaired) electrons. The Bertz CT molecular complexity index is 599. The van der Waals surface area contributed by atoms with Gasteiger partial charge in [0.05, 0.1) is 5.02 Å². The second-order valence-corrected chi connectivity index (χ2v) is 6.62. The average Bonchev–Trinajstić information content (AvgIpc) is 3.25. The van der Waals surface area contributed by atoms with Crippen molar-refractivity contribution >= 4 is 27.5 Å². The summed E-state index contributed by atoms with van der Waals surface area (Å²) in [4.78, 5) is 0. The van der Waals surface area contributed by atoms with E-state index in [0.717, 1.165) is 9.50 Å². The van der Waals surface area contributed by atoms with Gasteiger partial charge in [-0.15, -0.1) is 0 Å². The highest BCUT2D eigenvalue weighted by atomic mass is 79.9. The topological polar surface area (TPSA) is 12.0 Å². The zero-order valence-electron chi connectivity index (χ0n) is 11.3. The lowest BCUT2D eigenvalue weighted by molar-refractivity contribution is 0.517. The Morgan fingerprint density at radius 2 is 1.95 bits per heavy atom. The fraction of sp³-hybridized carbons (Fsp3) is 0.294. The highest BCUT2D eigenvalue weighted by Crippen LogP contribution is 2.54. The molecule has 0 aliphatic heterocycles. The van der Waals surface area contributed by atoms with Gasteiger partial charge in [0.2, 0.25) is 0 Å².